The average molecular weight is 289 g/mol. The molecule has 100 valence electrons. The first-order valence-corrected chi connectivity index (χ1v) is 7.50. The predicted molar refractivity (Wildman–Crippen MR) is 72.6 cm³/mol. The van der Waals surface area contributed by atoms with Crippen molar-refractivity contribution < 1.29 is 18.1 Å². The Balaban J connectivity index is 3.31. The van der Waals surface area contributed by atoms with Gasteiger partial charge in [0.25, 0.3) is 0 Å². The summed E-state index contributed by atoms with van der Waals surface area (Å²) in [6.07, 6.45) is 5.82. The van der Waals surface area contributed by atoms with E-state index in [1.807, 2.05) is 0 Å². The summed E-state index contributed by atoms with van der Waals surface area (Å²) in [5.41, 5.74) is 0.309. The zero-order valence-corrected chi connectivity index (χ0v) is 11.4. The summed E-state index contributed by atoms with van der Waals surface area (Å²) in [6.45, 7) is 6.67. The van der Waals surface area contributed by atoms with Gasteiger partial charge in [0.15, 0.2) is 10.2 Å². The van der Waals surface area contributed by atoms with Gasteiger partial charge in [-0.2, -0.15) is 0 Å². The minimum Gasteiger partial charge on any atom is -0.611 e. The lowest BCUT2D eigenvalue weighted by molar-refractivity contribution is 0.276. The Morgan fingerprint density at radius 1 is 1.44 bits per heavy atom. The minimum atomic E-state index is -2.86. The molecule has 1 N–H and O–H groups in total. The number of hydrogen-bond donors (Lipinski definition) is 2. The third-order valence-electron chi connectivity index (χ3n) is 2.37. The Hall–Kier alpha value is -1.02. The molecule has 5 nitrogen and oxygen atoms in total. The molecule has 0 aromatic rings. The van der Waals surface area contributed by atoms with E-state index in [0.717, 1.165) is 4.31 Å². The van der Waals surface area contributed by atoms with Crippen molar-refractivity contribution in [2.75, 3.05) is 13.2 Å². The van der Waals surface area contributed by atoms with Crippen molar-refractivity contribution in [1.29, 1.82) is 0 Å². The van der Waals surface area contributed by atoms with Crippen LogP contribution in [-0.2, 0) is 22.1 Å². The molecule has 2 atom stereocenters. The van der Waals surface area contributed by atoms with Crippen molar-refractivity contribution in [3.8, 4) is 0 Å². The van der Waals surface area contributed by atoms with Crippen LogP contribution in [-0.4, -0.2) is 40.8 Å². The molecule has 1 fully saturated rings. The summed E-state index contributed by atoms with van der Waals surface area (Å²) in [5.74, 6) is 0. The Morgan fingerprint density at radius 2 is 2.06 bits per heavy atom. The van der Waals surface area contributed by atoms with Crippen LogP contribution in [0.3, 0.4) is 0 Å². The molecule has 0 radical (unpaired) electrons. The number of allylic oxidation sites excluding steroid dienone is 4. The van der Waals surface area contributed by atoms with Crippen LogP contribution in [0.25, 0.3) is 0 Å². The predicted octanol–water partition coefficient (Wildman–Crippen LogP) is 0.0778. The van der Waals surface area contributed by atoms with E-state index in [9.17, 15) is 13.0 Å². The van der Waals surface area contributed by atoms with Gasteiger partial charge in [0.05, 0.1) is 13.2 Å². The SMILES string of the molecule is C=C/C=C1\C(=C/C=C)[S+]([O-])[C@@H](CO)CN1[SH](=O)=O. The van der Waals surface area contributed by atoms with Gasteiger partial charge in [-0.15, -0.1) is 0 Å². The maximum Gasteiger partial charge on any atom is 0.225 e. The van der Waals surface area contributed by atoms with Gasteiger partial charge in [-0.3, -0.25) is 4.31 Å². The summed E-state index contributed by atoms with van der Waals surface area (Å²) in [4.78, 5) is 0.328. The van der Waals surface area contributed by atoms with Crippen LogP contribution in [0.15, 0.2) is 48.1 Å². The number of aliphatic hydroxyl groups excluding tert-OH is 1. The summed E-state index contributed by atoms with van der Waals surface area (Å²) in [5, 5.41) is 8.52. The van der Waals surface area contributed by atoms with Crippen LogP contribution < -0.4 is 0 Å². The molecule has 0 aromatic heterocycles. The van der Waals surface area contributed by atoms with Crippen molar-refractivity contribution in [1.82, 2.24) is 4.31 Å². The van der Waals surface area contributed by atoms with Crippen LogP contribution in [0.1, 0.15) is 0 Å². The molecule has 1 saturated heterocycles. The van der Waals surface area contributed by atoms with Gasteiger partial charge < -0.3 is 9.66 Å². The van der Waals surface area contributed by atoms with Crippen molar-refractivity contribution in [2.24, 2.45) is 0 Å². The van der Waals surface area contributed by atoms with Gasteiger partial charge in [0.1, 0.15) is 5.70 Å². The Kier molecular flexibility index (Phi) is 5.67. The molecule has 1 aliphatic heterocycles. The highest BCUT2D eigenvalue weighted by Gasteiger charge is 2.39. The summed E-state index contributed by atoms with van der Waals surface area (Å²) < 4.78 is 35.7. The van der Waals surface area contributed by atoms with E-state index in [1.54, 1.807) is 0 Å². The molecule has 1 rings (SSSR count). The zero-order chi connectivity index (χ0) is 13.7. The lowest BCUT2D eigenvalue weighted by atomic mass is 10.3. The zero-order valence-electron chi connectivity index (χ0n) is 9.69. The third-order valence-corrected chi connectivity index (χ3v) is 4.83. The van der Waals surface area contributed by atoms with Gasteiger partial charge in [0, 0.05) is 0 Å². The molecule has 0 aromatic carbocycles. The molecule has 0 saturated carbocycles. The fourth-order valence-electron chi connectivity index (χ4n) is 1.59. The smallest absolute Gasteiger partial charge is 0.225 e. The van der Waals surface area contributed by atoms with Crippen LogP contribution in [0.5, 0.6) is 0 Å². The van der Waals surface area contributed by atoms with Crippen molar-refractivity contribution >= 4 is 22.1 Å². The lowest BCUT2D eigenvalue weighted by Gasteiger charge is -2.34. The average Bonchev–Trinajstić information content (AvgIpc) is 2.34. The maximum atomic E-state index is 12.1. The first-order chi connectivity index (χ1) is 8.56. The highest BCUT2D eigenvalue weighted by Crippen LogP contribution is 2.31. The second kappa shape index (κ2) is 6.79. The molecule has 18 heavy (non-hydrogen) atoms. The summed E-state index contributed by atoms with van der Waals surface area (Å²) >= 11 is -1.47. The van der Waals surface area contributed by atoms with Crippen molar-refractivity contribution in [3.63, 3.8) is 0 Å². The van der Waals surface area contributed by atoms with Crippen LogP contribution in [0.4, 0.5) is 0 Å². The molecule has 1 heterocycles. The van der Waals surface area contributed by atoms with E-state index >= 15 is 0 Å². The minimum absolute atomic E-state index is 0.00400. The Morgan fingerprint density at radius 3 is 2.50 bits per heavy atom. The number of thiol groups is 1. The van der Waals surface area contributed by atoms with Crippen LogP contribution in [0.2, 0.25) is 0 Å². The topological polar surface area (TPSA) is 80.7 Å². The van der Waals surface area contributed by atoms with Gasteiger partial charge in [-0.1, -0.05) is 25.3 Å². The normalized spacial score (nSPS) is 28.9. The van der Waals surface area contributed by atoms with E-state index in [4.69, 9.17) is 5.11 Å². The highest BCUT2D eigenvalue weighted by atomic mass is 32.2. The van der Waals surface area contributed by atoms with E-state index in [0.29, 0.717) is 10.6 Å². The largest absolute Gasteiger partial charge is 0.611 e. The van der Waals surface area contributed by atoms with E-state index in [-0.39, 0.29) is 13.2 Å². The molecule has 0 aliphatic carbocycles. The Labute approximate surface area is 111 Å². The van der Waals surface area contributed by atoms with E-state index in [2.05, 4.69) is 13.2 Å². The number of nitrogens with zero attached hydrogens (tertiary/aromatic N) is 1. The number of aliphatic hydroxyl groups is 1. The van der Waals surface area contributed by atoms with Crippen LogP contribution in [0, 0.1) is 0 Å². The molecular weight excluding hydrogens is 274 g/mol. The standard InChI is InChI=1S/C11H15NO4S2/c1-3-5-10-11(6-4-2)17(14)9(8-13)7-12(10)18(15)16/h3-6,9,13,18H,1-2,7-8H2/b10-5+,11-6+/t9-,17?/m1/s1. The number of hydrogen-bond acceptors (Lipinski definition) is 4. The molecule has 1 unspecified atom stereocenters. The fraction of sp³-hybridized carbons (Fsp3) is 0.273. The van der Waals surface area contributed by atoms with Gasteiger partial charge in [-0.25, -0.2) is 8.42 Å². The highest BCUT2D eigenvalue weighted by molar-refractivity contribution is 7.96. The Bertz CT molecular complexity index is 460. The second-order valence-electron chi connectivity index (χ2n) is 3.48. The number of rotatable bonds is 4. The molecule has 1 aliphatic rings. The van der Waals surface area contributed by atoms with E-state index in [1.165, 1.54) is 24.3 Å². The van der Waals surface area contributed by atoms with Gasteiger partial charge >= 0.3 is 0 Å². The van der Waals surface area contributed by atoms with Gasteiger partial charge in [0.2, 0.25) is 10.9 Å². The summed E-state index contributed by atoms with van der Waals surface area (Å²) in [6, 6.07) is 0. The lowest BCUT2D eigenvalue weighted by Crippen LogP contribution is -2.45. The van der Waals surface area contributed by atoms with E-state index < -0.39 is 27.3 Å². The maximum absolute atomic E-state index is 12.1. The molecule has 0 spiro atoms. The molecule has 0 amide bonds. The molecule has 0 bridgehead atoms. The van der Waals surface area contributed by atoms with Crippen molar-refractivity contribution in [2.45, 2.75) is 5.25 Å². The van der Waals surface area contributed by atoms with Crippen molar-refractivity contribution in [3.05, 3.63) is 48.1 Å². The van der Waals surface area contributed by atoms with Crippen LogP contribution >= 0.6 is 0 Å². The first kappa shape index (κ1) is 15.0. The molecule has 7 heteroatoms. The monoisotopic (exact) mass is 289 g/mol. The second-order valence-corrected chi connectivity index (χ2v) is 6.14. The first-order valence-electron chi connectivity index (χ1n) is 5.15. The summed E-state index contributed by atoms with van der Waals surface area (Å²) in [7, 11) is -2.86. The third kappa shape index (κ3) is 3.05. The quantitative estimate of drug-likeness (QED) is 0.567. The van der Waals surface area contributed by atoms with Gasteiger partial charge in [-0.05, 0) is 23.3 Å². The fourth-order valence-corrected chi connectivity index (χ4v) is 3.84. The molecular formula is C11H15NO4S2.